The van der Waals surface area contributed by atoms with Crippen molar-refractivity contribution in [3.63, 3.8) is 0 Å². The maximum Gasteiger partial charge on any atom is 0.339 e. The van der Waals surface area contributed by atoms with Crippen molar-refractivity contribution in [1.82, 2.24) is 14.9 Å². The van der Waals surface area contributed by atoms with Gasteiger partial charge in [0.1, 0.15) is 5.69 Å². The molecular formula is C19H23N5O4. The lowest BCUT2D eigenvalue weighted by molar-refractivity contribution is 0.0398. The molecule has 0 atom stereocenters. The molecule has 0 unspecified atom stereocenters. The number of carbonyl (C=O) groups is 2. The molecule has 2 heterocycles. The summed E-state index contributed by atoms with van der Waals surface area (Å²) in [6.45, 7) is 4.82. The van der Waals surface area contributed by atoms with Crippen LogP contribution in [-0.2, 0) is 9.47 Å². The van der Waals surface area contributed by atoms with Gasteiger partial charge in [-0.1, -0.05) is 12.1 Å². The van der Waals surface area contributed by atoms with Gasteiger partial charge in [-0.2, -0.15) is 0 Å². The normalized spacial score (nSPS) is 14.3. The molecule has 1 aromatic heterocycles. The lowest BCUT2D eigenvalue weighted by Crippen LogP contribution is -2.39. The fourth-order valence-corrected chi connectivity index (χ4v) is 2.79. The van der Waals surface area contributed by atoms with Crippen LogP contribution < -0.4 is 10.6 Å². The number of nitrogens with zero attached hydrogens (tertiary/aromatic N) is 3. The van der Waals surface area contributed by atoms with E-state index in [2.05, 4.69) is 25.5 Å². The standard InChI is InChI=1S/C19H23N5O4/c1-27-18(26)14-4-2-3-5-15(14)22-17(25)16-6-7-20-19(23-16)21-8-9-24-10-12-28-13-11-24/h2-7H,8-13H2,1H3,(H,22,25)(H,20,21,23). The minimum Gasteiger partial charge on any atom is -0.465 e. The number of aromatic nitrogens is 2. The van der Waals surface area contributed by atoms with Gasteiger partial charge in [-0.25, -0.2) is 14.8 Å². The van der Waals surface area contributed by atoms with E-state index < -0.39 is 11.9 Å². The van der Waals surface area contributed by atoms with E-state index >= 15 is 0 Å². The third kappa shape index (κ3) is 5.24. The van der Waals surface area contributed by atoms with Crippen LogP contribution in [0.2, 0.25) is 0 Å². The van der Waals surface area contributed by atoms with E-state index in [1.165, 1.54) is 19.4 Å². The Labute approximate surface area is 163 Å². The van der Waals surface area contributed by atoms with Crippen LogP contribution in [0.4, 0.5) is 11.6 Å². The molecule has 1 fully saturated rings. The third-order valence-electron chi connectivity index (χ3n) is 4.28. The molecule has 148 valence electrons. The van der Waals surface area contributed by atoms with Crippen LogP contribution in [0.5, 0.6) is 0 Å². The van der Waals surface area contributed by atoms with E-state index in [9.17, 15) is 9.59 Å². The van der Waals surface area contributed by atoms with Gasteiger partial charge in [0, 0.05) is 32.4 Å². The quantitative estimate of drug-likeness (QED) is 0.686. The Hall–Kier alpha value is -3.04. The molecule has 1 saturated heterocycles. The highest BCUT2D eigenvalue weighted by atomic mass is 16.5. The summed E-state index contributed by atoms with van der Waals surface area (Å²) in [4.78, 5) is 35.1. The average molecular weight is 385 g/mol. The van der Waals surface area contributed by atoms with Crippen LogP contribution in [0.1, 0.15) is 20.8 Å². The molecule has 0 aliphatic carbocycles. The Bertz CT molecular complexity index is 823. The predicted molar refractivity (Wildman–Crippen MR) is 104 cm³/mol. The minimum atomic E-state index is -0.524. The monoisotopic (exact) mass is 385 g/mol. The van der Waals surface area contributed by atoms with Gasteiger partial charge in [0.2, 0.25) is 5.95 Å². The molecule has 1 aromatic carbocycles. The second kappa shape index (κ2) is 9.77. The van der Waals surface area contributed by atoms with Crippen molar-refractivity contribution in [3.05, 3.63) is 47.8 Å². The minimum absolute atomic E-state index is 0.198. The smallest absolute Gasteiger partial charge is 0.339 e. The summed E-state index contributed by atoms with van der Waals surface area (Å²) in [5, 5.41) is 5.83. The predicted octanol–water partition coefficient (Wildman–Crippen LogP) is 1.26. The molecule has 0 spiro atoms. The first-order valence-electron chi connectivity index (χ1n) is 9.03. The van der Waals surface area contributed by atoms with Crippen LogP contribution in [0, 0.1) is 0 Å². The van der Waals surface area contributed by atoms with Gasteiger partial charge in [0.05, 0.1) is 31.6 Å². The molecule has 1 aliphatic rings. The Kier molecular flexibility index (Phi) is 6.88. The van der Waals surface area contributed by atoms with E-state index in [4.69, 9.17) is 9.47 Å². The highest BCUT2D eigenvalue weighted by Gasteiger charge is 2.16. The maximum absolute atomic E-state index is 12.5. The second-order valence-electron chi connectivity index (χ2n) is 6.14. The highest BCUT2D eigenvalue weighted by Crippen LogP contribution is 2.17. The van der Waals surface area contributed by atoms with Crippen molar-refractivity contribution >= 4 is 23.5 Å². The van der Waals surface area contributed by atoms with Crippen molar-refractivity contribution in [3.8, 4) is 0 Å². The largest absolute Gasteiger partial charge is 0.465 e. The van der Waals surface area contributed by atoms with Crippen molar-refractivity contribution < 1.29 is 19.1 Å². The Morgan fingerprint density at radius 2 is 2.00 bits per heavy atom. The number of morpholine rings is 1. The van der Waals surface area contributed by atoms with E-state index in [0.717, 1.165) is 32.8 Å². The number of benzene rings is 1. The summed E-state index contributed by atoms with van der Waals surface area (Å²) < 4.78 is 10.1. The number of anilines is 2. The number of rotatable bonds is 7. The maximum atomic E-state index is 12.5. The molecule has 9 heteroatoms. The SMILES string of the molecule is COC(=O)c1ccccc1NC(=O)c1ccnc(NCCN2CCOCC2)n1. The number of para-hydroxylation sites is 1. The fraction of sp³-hybridized carbons (Fsp3) is 0.368. The number of hydrogen-bond donors (Lipinski definition) is 2. The molecule has 2 N–H and O–H groups in total. The van der Waals surface area contributed by atoms with Gasteiger partial charge in [-0.15, -0.1) is 0 Å². The van der Waals surface area contributed by atoms with Crippen LogP contribution in [0.3, 0.4) is 0 Å². The molecule has 28 heavy (non-hydrogen) atoms. The first-order valence-corrected chi connectivity index (χ1v) is 9.03. The summed E-state index contributed by atoms with van der Waals surface area (Å²) in [6.07, 6.45) is 1.52. The lowest BCUT2D eigenvalue weighted by atomic mass is 10.1. The summed E-state index contributed by atoms with van der Waals surface area (Å²) in [5.41, 5.74) is 0.833. The highest BCUT2D eigenvalue weighted by molar-refractivity contribution is 6.07. The van der Waals surface area contributed by atoms with Crippen molar-refractivity contribution in [1.29, 1.82) is 0 Å². The lowest BCUT2D eigenvalue weighted by Gasteiger charge is -2.26. The van der Waals surface area contributed by atoms with Crippen LogP contribution >= 0.6 is 0 Å². The molecular weight excluding hydrogens is 362 g/mol. The zero-order chi connectivity index (χ0) is 19.8. The van der Waals surface area contributed by atoms with Gasteiger partial charge in [-0.05, 0) is 18.2 Å². The molecule has 2 aromatic rings. The van der Waals surface area contributed by atoms with Gasteiger partial charge in [-0.3, -0.25) is 9.69 Å². The van der Waals surface area contributed by atoms with Gasteiger partial charge < -0.3 is 20.1 Å². The summed E-state index contributed by atoms with van der Waals surface area (Å²) in [5.74, 6) is -0.582. The molecule has 9 nitrogen and oxygen atoms in total. The Morgan fingerprint density at radius 1 is 1.21 bits per heavy atom. The average Bonchev–Trinajstić information content (AvgIpc) is 2.74. The van der Waals surface area contributed by atoms with Crippen molar-refractivity contribution in [2.24, 2.45) is 0 Å². The van der Waals surface area contributed by atoms with Gasteiger partial charge in [0.25, 0.3) is 5.91 Å². The zero-order valence-electron chi connectivity index (χ0n) is 15.7. The number of methoxy groups -OCH3 is 1. The molecule has 1 aliphatic heterocycles. The molecule has 0 saturated carbocycles. The first kappa shape index (κ1) is 19.7. The van der Waals surface area contributed by atoms with E-state index in [1.54, 1.807) is 24.3 Å². The Morgan fingerprint density at radius 3 is 2.79 bits per heavy atom. The number of carbonyl (C=O) groups excluding carboxylic acids is 2. The summed E-state index contributed by atoms with van der Waals surface area (Å²) in [7, 11) is 1.29. The second-order valence-corrected chi connectivity index (χ2v) is 6.14. The number of esters is 1. The Balaban J connectivity index is 1.60. The topological polar surface area (TPSA) is 106 Å². The number of amides is 1. The van der Waals surface area contributed by atoms with Crippen molar-refractivity contribution in [2.45, 2.75) is 0 Å². The van der Waals surface area contributed by atoms with Gasteiger partial charge >= 0.3 is 5.97 Å². The number of hydrogen-bond acceptors (Lipinski definition) is 8. The molecule has 1 amide bonds. The van der Waals surface area contributed by atoms with E-state index in [0.29, 0.717) is 18.2 Å². The van der Waals surface area contributed by atoms with Crippen LogP contribution in [-0.4, -0.2) is 73.2 Å². The van der Waals surface area contributed by atoms with Crippen LogP contribution in [0.15, 0.2) is 36.5 Å². The first-order chi connectivity index (χ1) is 13.7. The summed E-state index contributed by atoms with van der Waals surface area (Å²) >= 11 is 0. The van der Waals surface area contributed by atoms with E-state index in [1.807, 2.05) is 0 Å². The number of nitrogens with one attached hydrogen (secondary N) is 2. The third-order valence-corrected chi connectivity index (χ3v) is 4.28. The zero-order valence-corrected chi connectivity index (χ0v) is 15.7. The fourth-order valence-electron chi connectivity index (χ4n) is 2.79. The summed E-state index contributed by atoms with van der Waals surface area (Å²) in [6, 6.07) is 8.15. The van der Waals surface area contributed by atoms with Crippen molar-refractivity contribution in [2.75, 3.05) is 57.1 Å². The molecule has 0 radical (unpaired) electrons. The van der Waals surface area contributed by atoms with Gasteiger partial charge in [0.15, 0.2) is 0 Å². The molecule has 3 rings (SSSR count). The number of ether oxygens (including phenoxy) is 2. The molecule has 0 bridgehead atoms. The van der Waals surface area contributed by atoms with Crippen LogP contribution in [0.25, 0.3) is 0 Å². The van der Waals surface area contributed by atoms with E-state index in [-0.39, 0.29) is 11.3 Å².